The van der Waals surface area contributed by atoms with Gasteiger partial charge in [-0.15, -0.1) is 0 Å². The Bertz CT molecular complexity index is 911. The van der Waals surface area contributed by atoms with Crippen LogP contribution in [0.2, 0.25) is 0 Å². The minimum absolute atomic E-state index is 0.796. The first-order valence-electron chi connectivity index (χ1n) is 8.75. The second kappa shape index (κ2) is 6.70. The highest BCUT2D eigenvalue weighted by atomic mass is 15.3. The molecule has 0 amide bonds. The van der Waals surface area contributed by atoms with Crippen LogP contribution in [0.5, 0.6) is 0 Å². The summed E-state index contributed by atoms with van der Waals surface area (Å²) in [7, 11) is 0. The molecule has 26 heavy (non-hydrogen) atoms. The highest BCUT2D eigenvalue weighted by molar-refractivity contribution is 5.46. The van der Waals surface area contributed by atoms with Crippen molar-refractivity contribution in [2.75, 3.05) is 36.0 Å². The quantitative estimate of drug-likeness (QED) is 0.711. The van der Waals surface area contributed by atoms with E-state index >= 15 is 0 Å². The molecule has 8 heteroatoms. The molecule has 1 aliphatic heterocycles. The molecule has 0 spiro atoms. The molecule has 4 rings (SSSR count). The van der Waals surface area contributed by atoms with E-state index in [-0.39, 0.29) is 0 Å². The molecule has 0 unspecified atom stereocenters. The van der Waals surface area contributed by atoms with Gasteiger partial charge in [0, 0.05) is 49.8 Å². The molecule has 1 fully saturated rings. The van der Waals surface area contributed by atoms with Crippen LogP contribution in [0.3, 0.4) is 0 Å². The summed E-state index contributed by atoms with van der Waals surface area (Å²) in [6.07, 6.45) is 3.42. The van der Waals surface area contributed by atoms with Crippen LogP contribution in [-0.2, 0) is 0 Å². The monoisotopic (exact) mass is 350 g/mol. The second-order valence-corrected chi connectivity index (χ2v) is 6.55. The topological polar surface area (TPSA) is 75.9 Å². The van der Waals surface area contributed by atoms with Gasteiger partial charge in [0.05, 0.1) is 5.69 Å². The van der Waals surface area contributed by atoms with Crippen molar-refractivity contribution in [3.63, 3.8) is 0 Å². The number of piperazine rings is 1. The van der Waals surface area contributed by atoms with E-state index in [1.165, 1.54) is 0 Å². The van der Waals surface area contributed by atoms with Gasteiger partial charge in [-0.25, -0.2) is 24.6 Å². The lowest BCUT2D eigenvalue weighted by molar-refractivity contribution is 0.632. The molecule has 0 atom stereocenters. The number of nitrogens with zero attached hydrogens (tertiary/aromatic N) is 8. The average Bonchev–Trinajstić information content (AvgIpc) is 3.00. The van der Waals surface area contributed by atoms with E-state index in [0.29, 0.717) is 0 Å². The zero-order valence-electron chi connectivity index (χ0n) is 15.3. The van der Waals surface area contributed by atoms with Gasteiger partial charge in [0.2, 0.25) is 5.95 Å². The van der Waals surface area contributed by atoms with Crippen molar-refractivity contribution in [1.29, 1.82) is 0 Å². The predicted molar refractivity (Wildman–Crippen MR) is 99.8 cm³/mol. The SMILES string of the molecule is Cc1ccnc(N2CCN(c3cc(-n4nc(C)cc4C)ncn3)CC2)n1. The number of aromatic nitrogens is 6. The first kappa shape index (κ1) is 16.4. The summed E-state index contributed by atoms with van der Waals surface area (Å²) >= 11 is 0. The molecule has 0 saturated carbocycles. The highest BCUT2D eigenvalue weighted by Gasteiger charge is 2.20. The summed E-state index contributed by atoms with van der Waals surface area (Å²) in [6, 6.07) is 5.96. The number of hydrogen-bond donors (Lipinski definition) is 0. The van der Waals surface area contributed by atoms with E-state index in [1.807, 2.05) is 49.8 Å². The molecule has 8 nitrogen and oxygen atoms in total. The Morgan fingerprint density at radius 1 is 0.808 bits per heavy atom. The fourth-order valence-electron chi connectivity index (χ4n) is 3.21. The molecular formula is C18H22N8. The van der Waals surface area contributed by atoms with Crippen LogP contribution < -0.4 is 9.80 Å². The Kier molecular flexibility index (Phi) is 4.24. The third-order valence-electron chi connectivity index (χ3n) is 4.53. The van der Waals surface area contributed by atoms with Crippen LogP contribution in [0.1, 0.15) is 17.1 Å². The van der Waals surface area contributed by atoms with Crippen LogP contribution >= 0.6 is 0 Å². The lowest BCUT2D eigenvalue weighted by atomic mass is 10.3. The molecule has 0 N–H and O–H groups in total. The number of rotatable bonds is 3. The smallest absolute Gasteiger partial charge is 0.225 e. The zero-order chi connectivity index (χ0) is 18.1. The van der Waals surface area contributed by atoms with Gasteiger partial charge in [0.1, 0.15) is 12.1 Å². The number of hydrogen-bond acceptors (Lipinski definition) is 7. The fraction of sp³-hybridized carbons (Fsp3) is 0.389. The highest BCUT2D eigenvalue weighted by Crippen LogP contribution is 2.19. The minimum atomic E-state index is 0.796. The molecule has 3 aromatic rings. The van der Waals surface area contributed by atoms with Crippen molar-refractivity contribution in [2.45, 2.75) is 20.8 Å². The maximum atomic E-state index is 4.52. The minimum Gasteiger partial charge on any atom is -0.353 e. The van der Waals surface area contributed by atoms with Crippen LogP contribution in [0.15, 0.2) is 30.7 Å². The molecule has 3 aromatic heterocycles. The maximum Gasteiger partial charge on any atom is 0.225 e. The van der Waals surface area contributed by atoms with Gasteiger partial charge >= 0.3 is 0 Å². The van der Waals surface area contributed by atoms with Crippen molar-refractivity contribution >= 4 is 11.8 Å². The van der Waals surface area contributed by atoms with E-state index in [2.05, 4.69) is 34.8 Å². The van der Waals surface area contributed by atoms with Gasteiger partial charge < -0.3 is 9.80 Å². The van der Waals surface area contributed by atoms with Gasteiger partial charge in [0.25, 0.3) is 0 Å². The van der Waals surface area contributed by atoms with Gasteiger partial charge in [-0.3, -0.25) is 0 Å². The van der Waals surface area contributed by atoms with Crippen molar-refractivity contribution in [3.8, 4) is 5.82 Å². The van der Waals surface area contributed by atoms with Crippen LogP contribution in [0, 0.1) is 20.8 Å². The summed E-state index contributed by atoms with van der Waals surface area (Å²) < 4.78 is 1.86. The number of anilines is 2. The van der Waals surface area contributed by atoms with E-state index in [9.17, 15) is 0 Å². The standard InChI is InChI=1S/C18H22N8/c1-13-4-5-19-18(22-13)25-8-6-24(7-9-25)16-11-17(21-12-20-16)26-15(3)10-14(2)23-26/h4-5,10-12H,6-9H2,1-3H3. The van der Waals surface area contributed by atoms with Gasteiger partial charge in [-0.2, -0.15) is 5.10 Å². The van der Waals surface area contributed by atoms with Crippen molar-refractivity contribution in [2.24, 2.45) is 0 Å². The summed E-state index contributed by atoms with van der Waals surface area (Å²) in [5.41, 5.74) is 3.03. The normalized spacial score (nSPS) is 14.7. The van der Waals surface area contributed by atoms with Crippen molar-refractivity contribution in [3.05, 3.63) is 47.8 Å². The number of aryl methyl sites for hydroxylation is 3. The van der Waals surface area contributed by atoms with E-state index < -0.39 is 0 Å². The van der Waals surface area contributed by atoms with Crippen LogP contribution in [0.25, 0.3) is 5.82 Å². The second-order valence-electron chi connectivity index (χ2n) is 6.55. The van der Waals surface area contributed by atoms with Gasteiger partial charge in [0.15, 0.2) is 5.82 Å². The lowest BCUT2D eigenvalue weighted by Gasteiger charge is -2.35. The van der Waals surface area contributed by atoms with Gasteiger partial charge in [-0.1, -0.05) is 0 Å². The first-order valence-corrected chi connectivity index (χ1v) is 8.75. The third kappa shape index (κ3) is 3.22. The largest absolute Gasteiger partial charge is 0.353 e. The molecule has 0 radical (unpaired) electrons. The molecule has 1 aliphatic rings. The molecule has 1 saturated heterocycles. The zero-order valence-corrected chi connectivity index (χ0v) is 15.3. The van der Waals surface area contributed by atoms with E-state index in [0.717, 1.165) is 60.8 Å². The average molecular weight is 350 g/mol. The first-order chi connectivity index (χ1) is 12.6. The Labute approximate surface area is 152 Å². The Balaban J connectivity index is 1.50. The summed E-state index contributed by atoms with van der Waals surface area (Å²) in [4.78, 5) is 22.2. The van der Waals surface area contributed by atoms with Crippen molar-refractivity contribution in [1.82, 2.24) is 29.7 Å². The molecule has 0 bridgehead atoms. The van der Waals surface area contributed by atoms with Crippen molar-refractivity contribution < 1.29 is 0 Å². The Morgan fingerprint density at radius 3 is 2.23 bits per heavy atom. The molecule has 0 aromatic carbocycles. The van der Waals surface area contributed by atoms with Crippen LogP contribution in [-0.4, -0.2) is 55.9 Å². The fourth-order valence-corrected chi connectivity index (χ4v) is 3.21. The predicted octanol–water partition coefficient (Wildman–Crippen LogP) is 1.70. The van der Waals surface area contributed by atoms with Crippen LogP contribution in [0.4, 0.5) is 11.8 Å². The van der Waals surface area contributed by atoms with E-state index in [4.69, 9.17) is 0 Å². The lowest BCUT2D eigenvalue weighted by Crippen LogP contribution is -2.47. The molecular weight excluding hydrogens is 328 g/mol. The summed E-state index contributed by atoms with van der Waals surface area (Å²) in [6.45, 7) is 9.46. The Hall–Kier alpha value is -3.03. The third-order valence-corrected chi connectivity index (χ3v) is 4.53. The maximum absolute atomic E-state index is 4.52. The molecule has 0 aliphatic carbocycles. The van der Waals surface area contributed by atoms with E-state index in [1.54, 1.807) is 6.33 Å². The molecule has 4 heterocycles. The van der Waals surface area contributed by atoms with Gasteiger partial charge in [-0.05, 0) is 32.9 Å². The Morgan fingerprint density at radius 2 is 1.54 bits per heavy atom. The summed E-state index contributed by atoms with van der Waals surface area (Å²) in [5, 5.41) is 4.51. The summed E-state index contributed by atoms with van der Waals surface area (Å²) in [5.74, 6) is 2.52. The molecule has 134 valence electrons.